The van der Waals surface area contributed by atoms with Crippen LogP contribution in [0.25, 0.3) is 10.6 Å². The molecule has 11 nitrogen and oxygen atoms in total. The van der Waals surface area contributed by atoms with Gasteiger partial charge in [-0.1, -0.05) is 6.42 Å². The average Bonchev–Trinajstić information content (AvgIpc) is 3.15. The fourth-order valence-corrected chi connectivity index (χ4v) is 5.36. The molecule has 0 bridgehead atoms. The molecule has 1 saturated carbocycles. The number of benzene rings is 1. The second kappa shape index (κ2) is 8.77. The Labute approximate surface area is 194 Å². The van der Waals surface area contributed by atoms with Crippen molar-refractivity contribution in [3.8, 4) is 10.6 Å². The van der Waals surface area contributed by atoms with E-state index >= 15 is 0 Å². The number of carbonyl (C=O) groups is 1. The number of aromatic nitrogens is 1. The third-order valence-corrected chi connectivity index (χ3v) is 6.94. The molecule has 0 unspecified atom stereocenters. The first-order valence-electron chi connectivity index (χ1n) is 10.7. The number of guanidine groups is 2. The number of thiazole rings is 1. The number of rotatable bonds is 5. The molecule has 4 rings (SSSR count). The van der Waals surface area contributed by atoms with Gasteiger partial charge in [-0.05, 0) is 45.6 Å². The van der Waals surface area contributed by atoms with E-state index in [4.69, 9.17) is 16.2 Å². The number of hydrogen-bond donors (Lipinski definition) is 2. The van der Waals surface area contributed by atoms with E-state index in [9.17, 15) is 14.9 Å². The van der Waals surface area contributed by atoms with Crippen molar-refractivity contribution in [2.75, 3.05) is 11.5 Å². The van der Waals surface area contributed by atoms with Crippen LogP contribution in [0.4, 0.5) is 11.4 Å². The van der Waals surface area contributed by atoms with Gasteiger partial charge in [0.25, 0.3) is 5.69 Å². The Morgan fingerprint density at radius 2 is 2.03 bits per heavy atom. The number of nitrogens with two attached hydrogens (primary N) is 2. The van der Waals surface area contributed by atoms with Crippen LogP contribution in [0.3, 0.4) is 0 Å². The first kappa shape index (κ1) is 22.6. The minimum Gasteiger partial charge on any atom is -0.462 e. The summed E-state index contributed by atoms with van der Waals surface area (Å²) in [6.07, 6.45) is 4.37. The number of nitro groups is 1. The summed E-state index contributed by atoms with van der Waals surface area (Å²) in [7, 11) is 0. The maximum absolute atomic E-state index is 12.4. The van der Waals surface area contributed by atoms with Crippen LogP contribution in [-0.2, 0) is 4.74 Å². The van der Waals surface area contributed by atoms with Gasteiger partial charge in [0.1, 0.15) is 15.5 Å². The molecule has 1 spiro atoms. The summed E-state index contributed by atoms with van der Waals surface area (Å²) in [6.45, 7) is 3.66. The van der Waals surface area contributed by atoms with Crippen LogP contribution in [-0.4, -0.2) is 40.1 Å². The van der Waals surface area contributed by atoms with Crippen molar-refractivity contribution in [2.24, 2.45) is 21.5 Å². The molecule has 174 valence electrons. The van der Waals surface area contributed by atoms with Gasteiger partial charge in [0.05, 0.1) is 22.9 Å². The van der Waals surface area contributed by atoms with E-state index in [1.54, 1.807) is 19.9 Å². The summed E-state index contributed by atoms with van der Waals surface area (Å²) >= 11 is 1.12. The highest BCUT2D eigenvalue weighted by atomic mass is 32.1. The van der Waals surface area contributed by atoms with Gasteiger partial charge in [0, 0.05) is 17.7 Å². The standard InChI is InChI=1S/C21H25N7O4S/c1-3-32-18(29)16-12(2)24-17(33-16)14-11-13(28(30)31)7-8-15(14)27-20(23)25-19(22)26-21(27)9-5-4-6-10-21/h7-8,11H,3-6,9-10H2,1-2H3,(H4,22,23,25,26). The molecular weight excluding hydrogens is 446 g/mol. The van der Waals surface area contributed by atoms with Gasteiger partial charge in [-0.25, -0.2) is 14.8 Å². The smallest absolute Gasteiger partial charge is 0.350 e. The highest BCUT2D eigenvalue weighted by Gasteiger charge is 2.43. The van der Waals surface area contributed by atoms with E-state index in [0.29, 0.717) is 39.7 Å². The second-order valence-electron chi connectivity index (χ2n) is 7.93. The molecule has 12 heteroatoms. The quantitative estimate of drug-likeness (QED) is 0.381. The molecule has 1 aromatic heterocycles. The topological polar surface area (TPSA) is 162 Å². The number of nitro benzene ring substituents is 1. The molecule has 0 atom stereocenters. The largest absolute Gasteiger partial charge is 0.462 e. The van der Waals surface area contributed by atoms with E-state index < -0.39 is 16.6 Å². The average molecular weight is 472 g/mol. The van der Waals surface area contributed by atoms with E-state index in [1.807, 2.05) is 4.90 Å². The highest BCUT2D eigenvalue weighted by molar-refractivity contribution is 7.17. The number of hydrogen-bond acceptors (Lipinski definition) is 11. The maximum Gasteiger partial charge on any atom is 0.350 e. The number of esters is 1. The summed E-state index contributed by atoms with van der Waals surface area (Å²) in [5.74, 6) is -0.201. The Balaban J connectivity index is 1.90. The normalized spacial score (nSPS) is 17.5. The van der Waals surface area contributed by atoms with Gasteiger partial charge < -0.3 is 16.2 Å². The van der Waals surface area contributed by atoms with Crippen molar-refractivity contribution in [3.05, 3.63) is 38.9 Å². The predicted molar refractivity (Wildman–Crippen MR) is 126 cm³/mol. The lowest BCUT2D eigenvalue weighted by molar-refractivity contribution is -0.384. The predicted octanol–water partition coefficient (Wildman–Crippen LogP) is 3.31. The van der Waals surface area contributed by atoms with Crippen molar-refractivity contribution < 1.29 is 14.5 Å². The molecule has 2 aliphatic rings. The van der Waals surface area contributed by atoms with Crippen LogP contribution in [0.1, 0.15) is 54.4 Å². The van der Waals surface area contributed by atoms with Crippen LogP contribution in [0, 0.1) is 17.0 Å². The Morgan fingerprint density at radius 3 is 2.70 bits per heavy atom. The molecule has 2 aromatic rings. The summed E-state index contributed by atoms with van der Waals surface area (Å²) in [5.41, 5.74) is 13.0. The minimum atomic E-state index is -0.727. The fraction of sp³-hybridized carbons (Fsp3) is 0.429. The molecule has 1 aliphatic carbocycles. The van der Waals surface area contributed by atoms with E-state index in [1.165, 1.54) is 12.1 Å². The van der Waals surface area contributed by atoms with E-state index in [0.717, 1.165) is 30.6 Å². The lowest BCUT2D eigenvalue weighted by Crippen LogP contribution is -2.58. The monoisotopic (exact) mass is 471 g/mol. The number of aryl methyl sites for hydroxylation is 1. The zero-order valence-electron chi connectivity index (χ0n) is 18.4. The molecule has 0 saturated heterocycles. The number of nitrogens with zero attached hydrogens (tertiary/aromatic N) is 5. The van der Waals surface area contributed by atoms with Gasteiger partial charge in [0.2, 0.25) is 11.9 Å². The zero-order chi connectivity index (χ0) is 23.8. The molecule has 1 aromatic carbocycles. The first-order chi connectivity index (χ1) is 15.8. The molecule has 4 N–H and O–H groups in total. The van der Waals surface area contributed by atoms with Gasteiger partial charge >= 0.3 is 5.97 Å². The Bertz CT molecular complexity index is 1170. The second-order valence-corrected chi connectivity index (χ2v) is 8.93. The summed E-state index contributed by atoms with van der Waals surface area (Å²) < 4.78 is 5.13. The number of aliphatic imine (C=N–C) groups is 2. The SMILES string of the molecule is CCOC(=O)c1sc(-c2cc([N+](=O)[O-])ccc2N2C(N)=NC(N)=NC23CCCCC3)nc1C. The summed E-state index contributed by atoms with van der Waals surface area (Å²) in [5, 5.41) is 12.0. The number of anilines is 1. The first-order valence-corrected chi connectivity index (χ1v) is 11.5. The van der Waals surface area contributed by atoms with Crippen LogP contribution in [0.15, 0.2) is 28.2 Å². The number of carbonyl (C=O) groups excluding carboxylic acids is 1. The molecule has 0 radical (unpaired) electrons. The highest BCUT2D eigenvalue weighted by Crippen LogP contribution is 2.45. The van der Waals surface area contributed by atoms with Crippen molar-refractivity contribution in [1.82, 2.24) is 4.98 Å². The van der Waals surface area contributed by atoms with Crippen LogP contribution < -0.4 is 16.4 Å². The Morgan fingerprint density at radius 1 is 1.30 bits per heavy atom. The van der Waals surface area contributed by atoms with E-state index in [2.05, 4.69) is 15.0 Å². The van der Waals surface area contributed by atoms with Crippen LogP contribution in [0.5, 0.6) is 0 Å². The number of non-ortho nitro benzene ring substituents is 1. The van der Waals surface area contributed by atoms with Gasteiger partial charge in [-0.2, -0.15) is 4.99 Å². The Hall–Kier alpha value is -3.54. The van der Waals surface area contributed by atoms with Crippen molar-refractivity contribution >= 4 is 40.6 Å². The fourth-order valence-electron chi connectivity index (χ4n) is 4.37. The van der Waals surface area contributed by atoms with Crippen LogP contribution >= 0.6 is 11.3 Å². The molecule has 1 fully saturated rings. The maximum atomic E-state index is 12.4. The van der Waals surface area contributed by atoms with Crippen LogP contribution in [0.2, 0.25) is 0 Å². The van der Waals surface area contributed by atoms with Crippen molar-refractivity contribution in [3.63, 3.8) is 0 Å². The van der Waals surface area contributed by atoms with Gasteiger partial charge in [-0.3, -0.25) is 15.0 Å². The molecule has 1 aliphatic heterocycles. The summed E-state index contributed by atoms with van der Waals surface area (Å²) in [6, 6.07) is 4.48. The third-order valence-electron chi connectivity index (χ3n) is 5.77. The molecule has 33 heavy (non-hydrogen) atoms. The number of ether oxygens (including phenoxy) is 1. The lowest BCUT2D eigenvalue weighted by Gasteiger charge is -2.46. The van der Waals surface area contributed by atoms with Crippen molar-refractivity contribution in [1.29, 1.82) is 0 Å². The molecule has 0 amide bonds. The molecule has 2 heterocycles. The van der Waals surface area contributed by atoms with Gasteiger partial charge in [0.15, 0.2) is 0 Å². The Kier molecular flexibility index (Phi) is 6.02. The molecular formula is C21H25N7O4S. The third kappa shape index (κ3) is 4.13. The van der Waals surface area contributed by atoms with E-state index in [-0.39, 0.29) is 24.2 Å². The van der Waals surface area contributed by atoms with Crippen molar-refractivity contribution in [2.45, 2.75) is 51.6 Å². The summed E-state index contributed by atoms with van der Waals surface area (Å²) in [4.78, 5) is 39.0. The minimum absolute atomic E-state index is 0.104. The zero-order valence-corrected chi connectivity index (χ0v) is 19.2. The van der Waals surface area contributed by atoms with Gasteiger partial charge in [-0.15, -0.1) is 11.3 Å². The lowest BCUT2D eigenvalue weighted by atomic mass is 9.87.